The monoisotopic (exact) mass is 255 g/mol. The summed E-state index contributed by atoms with van der Waals surface area (Å²) in [5, 5.41) is 0.160. The molecule has 1 aromatic rings. The minimum absolute atomic E-state index is 0.160. The van der Waals surface area contributed by atoms with Crippen LogP contribution >= 0.6 is 0 Å². The number of benzene rings is 1. The van der Waals surface area contributed by atoms with Crippen molar-refractivity contribution in [3.8, 4) is 0 Å². The highest BCUT2D eigenvalue weighted by Gasteiger charge is 2.24. The molecule has 1 fully saturated rings. The molecule has 1 aromatic carbocycles. The molecule has 1 unspecified atom stereocenters. The number of anilines is 1. The SMILES string of the molecule is CC1CCC(S(=O)c2cc(N)cc(F)c2)CC1. The lowest BCUT2D eigenvalue weighted by molar-refractivity contribution is 0.389. The molecule has 1 atom stereocenters. The molecular weight excluding hydrogens is 237 g/mol. The van der Waals surface area contributed by atoms with Gasteiger partial charge in [0.05, 0.1) is 10.8 Å². The molecule has 0 aliphatic heterocycles. The number of rotatable bonds is 2. The maximum atomic E-state index is 13.2. The fourth-order valence-electron chi connectivity index (χ4n) is 2.34. The van der Waals surface area contributed by atoms with Crippen LogP contribution in [0.4, 0.5) is 10.1 Å². The van der Waals surface area contributed by atoms with Gasteiger partial charge in [-0.05, 0) is 49.8 Å². The minimum atomic E-state index is -1.13. The van der Waals surface area contributed by atoms with Gasteiger partial charge in [-0.1, -0.05) is 6.92 Å². The second kappa shape index (κ2) is 5.17. The molecule has 0 amide bonds. The van der Waals surface area contributed by atoms with Crippen molar-refractivity contribution >= 4 is 16.5 Å². The average Bonchev–Trinajstić information content (AvgIpc) is 2.28. The van der Waals surface area contributed by atoms with Crippen LogP contribution in [0.3, 0.4) is 0 Å². The minimum Gasteiger partial charge on any atom is -0.399 e. The topological polar surface area (TPSA) is 43.1 Å². The smallest absolute Gasteiger partial charge is 0.126 e. The Morgan fingerprint density at radius 1 is 1.24 bits per heavy atom. The van der Waals surface area contributed by atoms with E-state index in [1.165, 1.54) is 12.1 Å². The zero-order chi connectivity index (χ0) is 12.4. The van der Waals surface area contributed by atoms with Gasteiger partial charge in [0, 0.05) is 15.8 Å². The predicted octanol–water partition coefficient (Wildman–Crippen LogP) is 3.09. The van der Waals surface area contributed by atoms with E-state index in [9.17, 15) is 8.60 Å². The Labute approximate surface area is 104 Å². The van der Waals surface area contributed by atoms with Crippen molar-refractivity contribution in [2.45, 2.75) is 42.8 Å². The van der Waals surface area contributed by atoms with Gasteiger partial charge in [0.25, 0.3) is 0 Å². The number of nitrogens with two attached hydrogens (primary N) is 1. The Kier molecular flexibility index (Phi) is 3.82. The van der Waals surface area contributed by atoms with E-state index in [4.69, 9.17) is 5.73 Å². The zero-order valence-electron chi connectivity index (χ0n) is 9.99. The molecule has 1 saturated carbocycles. The molecule has 94 valence electrons. The molecule has 17 heavy (non-hydrogen) atoms. The summed E-state index contributed by atoms with van der Waals surface area (Å²) >= 11 is 0. The lowest BCUT2D eigenvalue weighted by Gasteiger charge is -2.25. The Morgan fingerprint density at radius 2 is 1.88 bits per heavy atom. The van der Waals surface area contributed by atoms with Crippen LogP contribution in [0.1, 0.15) is 32.6 Å². The van der Waals surface area contributed by atoms with E-state index in [1.54, 1.807) is 6.07 Å². The van der Waals surface area contributed by atoms with E-state index in [-0.39, 0.29) is 5.25 Å². The van der Waals surface area contributed by atoms with Gasteiger partial charge in [-0.15, -0.1) is 0 Å². The summed E-state index contributed by atoms with van der Waals surface area (Å²) in [5.74, 6) is 0.318. The lowest BCUT2D eigenvalue weighted by Crippen LogP contribution is -2.22. The molecule has 0 bridgehead atoms. The number of halogens is 1. The third kappa shape index (κ3) is 3.06. The third-order valence-electron chi connectivity index (χ3n) is 3.39. The van der Waals surface area contributed by atoms with Gasteiger partial charge in [0.1, 0.15) is 5.82 Å². The van der Waals surface area contributed by atoms with Crippen molar-refractivity contribution < 1.29 is 8.60 Å². The number of hydrogen-bond acceptors (Lipinski definition) is 2. The second-order valence-corrected chi connectivity index (χ2v) is 6.63. The Balaban J connectivity index is 2.14. The van der Waals surface area contributed by atoms with Gasteiger partial charge in [-0.3, -0.25) is 4.21 Å². The lowest BCUT2D eigenvalue weighted by atomic mass is 9.91. The van der Waals surface area contributed by atoms with Crippen molar-refractivity contribution in [1.82, 2.24) is 0 Å². The quantitative estimate of drug-likeness (QED) is 0.825. The molecule has 0 aromatic heterocycles. The van der Waals surface area contributed by atoms with Crippen LogP contribution in [0.5, 0.6) is 0 Å². The highest BCUT2D eigenvalue weighted by molar-refractivity contribution is 7.85. The van der Waals surface area contributed by atoms with Gasteiger partial charge in [0.15, 0.2) is 0 Å². The van der Waals surface area contributed by atoms with Gasteiger partial charge in [-0.2, -0.15) is 0 Å². The highest BCUT2D eigenvalue weighted by atomic mass is 32.2. The Bertz CT molecular complexity index is 407. The van der Waals surface area contributed by atoms with Crippen LogP contribution in [0.25, 0.3) is 0 Å². The van der Waals surface area contributed by atoms with E-state index in [1.807, 2.05) is 0 Å². The van der Waals surface area contributed by atoms with E-state index < -0.39 is 16.6 Å². The summed E-state index contributed by atoms with van der Waals surface area (Å²) < 4.78 is 25.5. The summed E-state index contributed by atoms with van der Waals surface area (Å²) in [4.78, 5) is 0.530. The van der Waals surface area contributed by atoms with Gasteiger partial charge in [-0.25, -0.2) is 4.39 Å². The van der Waals surface area contributed by atoms with Gasteiger partial charge >= 0.3 is 0 Å². The molecule has 0 radical (unpaired) electrons. The van der Waals surface area contributed by atoms with Crippen molar-refractivity contribution in [3.63, 3.8) is 0 Å². The average molecular weight is 255 g/mol. The van der Waals surface area contributed by atoms with Crippen LogP contribution in [-0.2, 0) is 10.8 Å². The first-order valence-electron chi connectivity index (χ1n) is 6.03. The molecule has 4 heteroatoms. The molecule has 1 aliphatic carbocycles. The zero-order valence-corrected chi connectivity index (χ0v) is 10.8. The van der Waals surface area contributed by atoms with Crippen molar-refractivity contribution in [2.75, 3.05) is 5.73 Å². The Morgan fingerprint density at radius 3 is 2.47 bits per heavy atom. The third-order valence-corrected chi connectivity index (χ3v) is 5.17. The van der Waals surface area contributed by atoms with Crippen LogP contribution < -0.4 is 5.73 Å². The molecule has 0 spiro atoms. The molecule has 2 rings (SSSR count). The van der Waals surface area contributed by atoms with Crippen LogP contribution in [0, 0.1) is 11.7 Å². The largest absolute Gasteiger partial charge is 0.399 e. The first-order chi connectivity index (χ1) is 8.06. The molecule has 2 nitrogen and oxygen atoms in total. The summed E-state index contributed by atoms with van der Waals surface area (Å²) in [6.07, 6.45) is 4.15. The predicted molar refractivity (Wildman–Crippen MR) is 68.6 cm³/mol. The maximum absolute atomic E-state index is 13.2. The fraction of sp³-hybridized carbons (Fsp3) is 0.538. The van der Waals surface area contributed by atoms with Crippen LogP contribution in [-0.4, -0.2) is 9.46 Å². The molecule has 0 heterocycles. The van der Waals surface area contributed by atoms with Gasteiger partial charge < -0.3 is 5.73 Å². The number of hydrogen-bond donors (Lipinski definition) is 1. The summed E-state index contributed by atoms with van der Waals surface area (Å²) in [6.45, 7) is 2.22. The van der Waals surface area contributed by atoms with E-state index in [0.29, 0.717) is 10.6 Å². The van der Waals surface area contributed by atoms with E-state index in [2.05, 4.69) is 6.92 Å². The molecule has 0 saturated heterocycles. The van der Waals surface area contributed by atoms with Gasteiger partial charge in [0.2, 0.25) is 0 Å². The van der Waals surface area contributed by atoms with Crippen molar-refractivity contribution in [3.05, 3.63) is 24.0 Å². The Hall–Kier alpha value is -0.900. The molecule has 1 aliphatic rings. The van der Waals surface area contributed by atoms with Crippen LogP contribution in [0.15, 0.2) is 23.1 Å². The standard InChI is InChI=1S/C13H18FNOS/c1-9-2-4-12(5-3-9)17(16)13-7-10(14)6-11(15)8-13/h6-9,12H,2-5,15H2,1H3. The first-order valence-corrected chi connectivity index (χ1v) is 7.24. The summed E-state index contributed by atoms with van der Waals surface area (Å²) in [5.41, 5.74) is 5.92. The van der Waals surface area contributed by atoms with Crippen molar-refractivity contribution in [1.29, 1.82) is 0 Å². The fourth-order valence-corrected chi connectivity index (χ4v) is 3.90. The normalized spacial score (nSPS) is 26.7. The highest BCUT2D eigenvalue weighted by Crippen LogP contribution is 2.30. The second-order valence-electron chi connectivity index (χ2n) is 4.90. The number of nitrogen functional groups attached to an aromatic ring is 1. The maximum Gasteiger partial charge on any atom is 0.126 e. The molecule has 2 N–H and O–H groups in total. The van der Waals surface area contributed by atoms with Crippen molar-refractivity contribution in [2.24, 2.45) is 5.92 Å². The van der Waals surface area contributed by atoms with Crippen LogP contribution in [0.2, 0.25) is 0 Å². The van der Waals surface area contributed by atoms with E-state index in [0.717, 1.165) is 31.6 Å². The molecular formula is C13H18FNOS. The first kappa shape index (κ1) is 12.6. The summed E-state index contributed by atoms with van der Waals surface area (Å²) in [7, 11) is -1.13. The summed E-state index contributed by atoms with van der Waals surface area (Å²) in [6, 6.07) is 4.21. The van der Waals surface area contributed by atoms with E-state index >= 15 is 0 Å².